The van der Waals surface area contributed by atoms with Crippen LogP contribution in [0.5, 0.6) is 0 Å². The van der Waals surface area contributed by atoms with Crippen LogP contribution in [0.15, 0.2) is 67.3 Å². The van der Waals surface area contributed by atoms with Crippen LogP contribution in [-0.2, 0) is 5.41 Å². The first-order chi connectivity index (χ1) is 8.33. The van der Waals surface area contributed by atoms with Crippen LogP contribution in [0.25, 0.3) is 0 Å². The van der Waals surface area contributed by atoms with Gasteiger partial charge in [-0.25, -0.2) is 0 Å². The van der Waals surface area contributed by atoms with E-state index < -0.39 is 0 Å². The predicted octanol–water partition coefficient (Wildman–Crippen LogP) is 3.88. The quantitative estimate of drug-likeness (QED) is 0.533. The molecule has 0 radical (unpaired) electrons. The second-order valence-electron chi connectivity index (χ2n) is 4.27. The van der Waals surface area contributed by atoms with Crippen molar-refractivity contribution >= 4 is 0 Å². The molecule has 1 aromatic rings. The molecule has 0 nitrogen and oxygen atoms in total. The van der Waals surface area contributed by atoms with E-state index in [0.29, 0.717) is 0 Å². The van der Waals surface area contributed by atoms with Crippen LogP contribution in [0.3, 0.4) is 0 Å². The lowest BCUT2D eigenvalue weighted by atomic mass is 9.69. The summed E-state index contributed by atoms with van der Waals surface area (Å²) in [7, 11) is 0. The molecule has 0 heterocycles. The van der Waals surface area contributed by atoms with Crippen molar-refractivity contribution in [1.82, 2.24) is 0 Å². The van der Waals surface area contributed by atoms with Gasteiger partial charge < -0.3 is 0 Å². The van der Waals surface area contributed by atoms with Crippen LogP contribution in [0.1, 0.15) is 12.0 Å². The van der Waals surface area contributed by atoms with Crippen molar-refractivity contribution in [2.75, 3.05) is 0 Å². The highest BCUT2D eigenvalue weighted by molar-refractivity contribution is 5.42. The summed E-state index contributed by atoms with van der Waals surface area (Å²) >= 11 is 0. The van der Waals surface area contributed by atoms with Crippen molar-refractivity contribution in [3.63, 3.8) is 0 Å². The van der Waals surface area contributed by atoms with Crippen molar-refractivity contribution in [1.29, 1.82) is 0 Å². The maximum Gasteiger partial charge on any atom is 0.0691 e. The monoisotopic (exact) mass is 220 g/mol. The molecule has 0 saturated carbocycles. The van der Waals surface area contributed by atoms with Crippen LogP contribution in [0, 0.1) is 18.3 Å². The minimum Gasteiger partial charge on any atom is -0.119 e. The van der Waals surface area contributed by atoms with E-state index >= 15 is 0 Å². The van der Waals surface area contributed by atoms with Gasteiger partial charge in [-0.15, -0.1) is 13.0 Å². The SMILES string of the molecule is C#CC(CC=C)(c1ccccc1)C1C=CC=C1. The smallest absolute Gasteiger partial charge is 0.0691 e. The van der Waals surface area contributed by atoms with E-state index in [9.17, 15) is 0 Å². The average Bonchev–Trinajstić information content (AvgIpc) is 2.91. The van der Waals surface area contributed by atoms with E-state index in [1.165, 1.54) is 5.56 Å². The van der Waals surface area contributed by atoms with Crippen LogP contribution in [-0.4, -0.2) is 0 Å². The van der Waals surface area contributed by atoms with Gasteiger partial charge in [0.25, 0.3) is 0 Å². The standard InChI is InChI=1S/C17H16/c1-3-14-17(4-2,16-12-8-9-13-16)15-10-6-5-7-11-15/h2-3,5-13,16H,1,14H2. The summed E-state index contributed by atoms with van der Waals surface area (Å²) in [5.74, 6) is 3.26. The van der Waals surface area contributed by atoms with Gasteiger partial charge in [0.05, 0.1) is 5.41 Å². The molecule has 0 heteroatoms. The molecule has 0 amide bonds. The Bertz CT molecular complexity index is 473. The predicted molar refractivity (Wildman–Crippen MR) is 73.5 cm³/mol. The Morgan fingerprint density at radius 3 is 2.41 bits per heavy atom. The zero-order chi connectivity index (χ0) is 12.1. The van der Waals surface area contributed by atoms with E-state index in [1.807, 2.05) is 24.3 Å². The average molecular weight is 220 g/mol. The number of allylic oxidation sites excluding steroid dienone is 5. The first-order valence-electron chi connectivity index (χ1n) is 5.82. The third-order valence-corrected chi connectivity index (χ3v) is 3.33. The summed E-state index contributed by atoms with van der Waals surface area (Å²) in [5, 5.41) is 0. The Hall–Kier alpha value is -2.00. The highest BCUT2D eigenvalue weighted by Crippen LogP contribution is 2.39. The van der Waals surface area contributed by atoms with Gasteiger partial charge in [0.1, 0.15) is 0 Å². The number of hydrogen-bond donors (Lipinski definition) is 0. The third kappa shape index (κ3) is 1.97. The summed E-state index contributed by atoms with van der Waals surface area (Å²) in [6.07, 6.45) is 17.0. The molecule has 0 saturated heterocycles. The maximum atomic E-state index is 5.84. The van der Waals surface area contributed by atoms with Gasteiger partial charge in [-0.2, -0.15) is 0 Å². The molecule has 0 bridgehead atoms. The fraction of sp³-hybridized carbons (Fsp3) is 0.176. The van der Waals surface area contributed by atoms with Crippen LogP contribution < -0.4 is 0 Å². The molecule has 84 valence electrons. The molecule has 0 N–H and O–H groups in total. The Kier molecular flexibility index (Phi) is 3.30. The van der Waals surface area contributed by atoms with Gasteiger partial charge in [-0.05, 0) is 12.0 Å². The molecule has 0 fully saturated rings. The number of benzene rings is 1. The molecule has 1 aliphatic rings. The molecular weight excluding hydrogens is 204 g/mol. The molecule has 2 rings (SSSR count). The van der Waals surface area contributed by atoms with Gasteiger partial charge in [-0.3, -0.25) is 0 Å². The van der Waals surface area contributed by atoms with E-state index in [-0.39, 0.29) is 11.3 Å². The Morgan fingerprint density at radius 1 is 1.24 bits per heavy atom. The lowest BCUT2D eigenvalue weighted by Crippen LogP contribution is -2.30. The summed E-state index contributed by atoms with van der Waals surface area (Å²) in [4.78, 5) is 0. The molecule has 1 aliphatic carbocycles. The summed E-state index contributed by atoms with van der Waals surface area (Å²) in [6, 6.07) is 10.3. The normalized spacial score (nSPS) is 17.6. The Balaban J connectivity index is 2.50. The van der Waals surface area contributed by atoms with Gasteiger partial charge in [-0.1, -0.05) is 66.6 Å². The molecule has 1 unspecified atom stereocenters. The van der Waals surface area contributed by atoms with Crippen LogP contribution >= 0.6 is 0 Å². The maximum absolute atomic E-state index is 5.84. The van der Waals surface area contributed by atoms with Crippen molar-refractivity contribution in [3.8, 4) is 12.3 Å². The third-order valence-electron chi connectivity index (χ3n) is 3.33. The minimum absolute atomic E-state index is 0.257. The number of hydrogen-bond acceptors (Lipinski definition) is 0. The van der Waals surface area contributed by atoms with Crippen molar-refractivity contribution in [3.05, 3.63) is 72.9 Å². The molecule has 17 heavy (non-hydrogen) atoms. The molecule has 0 aromatic heterocycles. The van der Waals surface area contributed by atoms with Crippen LogP contribution in [0.2, 0.25) is 0 Å². The topological polar surface area (TPSA) is 0 Å². The van der Waals surface area contributed by atoms with E-state index in [1.54, 1.807) is 0 Å². The minimum atomic E-state index is -0.299. The van der Waals surface area contributed by atoms with Gasteiger partial charge >= 0.3 is 0 Å². The lowest BCUT2D eigenvalue weighted by Gasteiger charge is -2.32. The molecular formula is C17H16. The van der Waals surface area contributed by atoms with Crippen molar-refractivity contribution in [2.24, 2.45) is 5.92 Å². The van der Waals surface area contributed by atoms with Crippen molar-refractivity contribution < 1.29 is 0 Å². The lowest BCUT2D eigenvalue weighted by molar-refractivity contribution is 0.485. The fourth-order valence-electron chi connectivity index (χ4n) is 2.41. The summed E-state index contributed by atoms with van der Waals surface area (Å²) in [5.41, 5.74) is 0.885. The second kappa shape index (κ2) is 4.89. The van der Waals surface area contributed by atoms with Crippen LogP contribution in [0.4, 0.5) is 0 Å². The molecule has 1 aromatic carbocycles. The second-order valence-corrected chi connectivity index (χ2v) is 4.27. The van der Waals surface area contributed by atoms with Gasteiger partial charge in [0.15, 0.2) is 0 Å². The van der Waals surface area contributed by atoms with Gasteiger partial charge in [0.2, 0.25) is 0 Å². The van der Waals surface area contributed by atoms with E-state index in [2.05, 4.69) is 48.9 Å². The number of terminal acetylenes is 1. The fourth-order valence-corrected chi connectivity index (χ4v) is 2.41. The van der Waals surface area contributed by atoms with Crippen molar-refractivity contribution in [2.45, 2.75) is 11.8 Å². The Morgan fingerprint density at radius 2 is 1.88 bits per heavy atom. The van der Waals surface area contributed by atoms with E-state index in [0.717, 1.165) is 6.42 Å². The van der Waals surface area contributed by atoms with E-state index in [4.69, 9.17) is 6.42 Å². The zero-order valence-electron chi connectivity index (χ0n) is 9.84. The first kappa shape index (κ1) is 11.5. The zero-order valence-corrected chi connectivity index (χ0v) is 9.84. The highest BCUT2D eigenvalue weighted by Gasteiger charge is 2.35. The summed E-state index contributed by atoms with van der Waals surface area (Å²) < 4.78 is 0. The molecule has 0 aliphatic heterocycles. The Labute approximate surface area is 103 Å². The van der Waals surface area contributed by atoms with Gasteiger partial charge in [0, 0.05) is 5.92 Å². The highest BCUT2D eigenvalue weighted by atomic mass is 14.4. The first-order valence-corrected chi connectivity index (χ1v) is 5.82. The molecule has 0 spiro atoms. The number of rotatable bonds is 4. The molecule has 1 atom stereocenters. The summed E-state index contributed by atoms with van der Waals surface area (Å²) in [6.45, 7) is 3.85. The largest absolute Gasteiger partial charge is 0.119 e.